The molecule has 29 heteroatoms. The van der Waals surface area contributed by atoms with Gasteiger partial charge in [-0.05, 0) is 98.2 Å². The molecule has 0 bridgehead atoms. The van der Waals surface area contributed by atoms with Crippen LogP contribution in [0.2, 0.25) is 10.0 Å². The SMILES string of the molecule is CCNC(=O)N(CC1CCN(C(=O)Nc2ccccc2)CC1)c1cccc(-c2sc(C(=O)O)c(OCC(=O)O)c2Cl)c1.O=C(O)COc1c(C(=O)O)sc(-c2cccc(NC3CCN(S(=O)(=O)c4ccccc4OC(F)(F)F)CC3)c2)c1Cl. The van der Waals surface area contributed by atoms with E-state index in [1.165, 1.54) is 12.1 Å². The molecule has 21 nitrogen and oxygen atoms in total. The van der Waals surface area contributed by atoms with Crippen LogP contribution in [0, 0.1) is 5.92 Å². The van der Waals surface area contributed by atoms with Crippen LogP contribution in [0.4, 0.5) is 39.8 Å². The fourth-order valence-corrected chi connectivity index (χ4v) is 13.3. The number of urea groups is 2. The number of nitrogens with zero attached hydrogens (tertiary/aromatic N) is 3. The van der Waals surface area contributed by atoms with Crippen LogP contribution in [0.5, 0.6) is 17.2 Å². The molecule has 0 radical (unpaired) electrons. The third kappa shape index (κ3) is 16.5. The zero-order chi connectivity index (χ0) is 60.2. The molecule has 4 heterocycles. The largest absolute Gasteiger partial charge is 0.573 e. The van der Waals surface area contributed by atoms with E-state index in [1.807, 2.05) is 37.3 Å². The highest BCUT2D eigenvalue weighted by molar-refractivity contribution is 7.89. The Balaban J connectivity index is 0.000000239. The first-order chi connectivity index (χ1) is 39.4. The minimum atomic E-state index is -5.05. The summed E-state index contributed by atoms with van der Waals surface area (Å²) in [5.41, 5.74) is 3.03. The molecule has 4 amide bonds. The van der Waals surface area contributed by atoms with Crippen LogP contribution in [0.3, 0.4) is 0 Å². The van der Waals surface area contributed by atoms with Gasteiger partial charge in [-0.3, -0.25) is 4.90 Å². The Hall–Kier alpha value is -7.82. The molecular weight excluding hydrogens is 1200 g/mol. The van der Waals surface area contributed by atoms with Gasteiger partial charge in [0.15, 0.2) is 34.5 Å². The maximum absolute atomic E-state index is 13.2. The third-order valence-electron chi connectivity index (χ3n) is 12.7. The van der Waals surface area contributed by atoms with Crippen molar-refractivity contribution in [3.63, 3.8) is 0 Å². The van der Waals surface area contributed by atoms with E-state index in [0.717, 1.165) is 44.8 Å². The number of carbonyl (C=O) groups excluding carboxylic acids is 2. The van der Waals surface area contributed by atoms with Crippen molar-refractivity contribution in [3.8, 4) is 38.1 Å². The topological polar surface area (TPSA) is 291 Å². The smallest absolute Gasteiger partial charge is 0.479 e. The van der Waals surface area contributed by atoms with Gasteiger partial charge < -0.3 is 55.5 Å². The summed E-state index contributed by atoms with van der Waals surface area (Å²) < 4.78 is 79.9. The van der Waals surface area contributed by atoms with Gasteiger partial charge in [0.2, 0.25) is 10.0 Å². The number of piperidine rings is 2. The maximum atomic E-state index is 13.2. The Morgan fingerprint density at radius 2 is 1.23 bits per heavy atom. The minimum absolute atomic E-state index is 0.0125. The van der Waals surface area contributed by atoms with Gasteiger partial charge >= 0.3 is 42.3 Å². The summed E-state index contributed by atoms with van der Waals surface area (Å²) in [4.78, 5) is 74.3. The number of nitrogens with one attached hydrogen (secondary N) is 3. The van der Waals surface area contributed by atoms with Crippen molar-refractivity contribution in [1.29, 1.82) is 0 Å². The van der Waals surface area contributed by atoms with E-state index >= 15 is 0 Å². The number of alkyl halides is 3. The van der Waals surface area contributed by atoms with Crippen LogP contribution < -0.4 is 35.1 Å². The van der Waals surface area contributed by atoms with Gasteiger partial charge in [0.05, 0.1) is 9.75 Å². The number of para-hydroxylation sites is 2. The molecule has 2 aliphatic heterocycles. The maximum Gasteiger partial charge on any atom is 0.573 e. The monoisotopic (exact) mass is 1250 g/mol. The number of anilines is 3. The third-order valence-corrected chi connectivity index (χ3v) is 18.0. The van der Waals surface area contributed by atoms with E-state index in [1.54, 1.807) is 58.3 Å². The van der Waals surface area contributed by atoms with Crippen LogP contribution >= 0.6 is 45.9 Å². The first kappa shape index (κ1) is 62.8. The second-order valence-electron chi connectivity index (χ2n) is 18.4. The number of carbonyl (C=O) groups is 6. The lowest BCUT2D eigenvalue weighted by Crippen LogP contribution is -2.46. The molecule has 83 heavy (non-hydrogen) atoms. The molecule has 442 valence electrons. The number of sulfonamides is 1. The molecule has 2 aliphatic rings. The number of halogens is 5. The first-order valence-corrected chi connectivity index (χ1v) is 29.1. The van der Waals surface area contributed by atoms with E-state index < -0.39 is 64.1 Å². The quantitative estimate of drug-likeness (QED) is 0.0374. The number of aliphatic carboxylic acids is 2. The Bertz CT molecular complexity index is 3450. The number of rotatable bonds is 20. The summed E-state index contributed by atoms with van der Waals surface area (Å²) in [7, 11) is -4.26. The molecule has 2 saturated heterocycles. The second kappa shape index (κ2) is 28.0. The van der Waals surface area contributed by atoms with Crippen LogP contribution in [-0.2, 0) is 19.6 Å². The molecule has 0 unspecified atom stereocenters. The number of hydrogen-bond acceptors (Lipinski definition) is 14. The summed E-state index contributed by atoms with van der Waals surface area (Å²) in [5.74, 6) is -6.30. The predicted octanol–water partition coefficient (Wildman–Crippen LogP) is 11.1. The molecule has 0 spiro atoms. The zero-order valence-electron chi connectivity index (χ0n) is 43.7. The van der Waals surface area contributed by atoms with Gasteiger partial charge in [0.25, 0.3) is 0 Å². The minimum Gasteiger partial charge on any atom is -0.479 e. The number of likely N-dealkylation sites (tertiary alicyclic amines) is 1. The average Bonchev–Trinajstić information content (AvgIpc) is 4.14. The number of amides is 4. The summed E-state index contributed by atoms with van der Waals surface area (Å²) in [5, 5.41) is 46.0. The van der Waals surface area contributed by atoms with Gasteiger partial charge in [-0.25, -0.2) is 37.2 Å². The highest BCUT2D eigenvalue weighted by Gasteiger charge is 2.37. The molecule has 0 aliphatic carbocycles. The molecule has 8 rings (SSSR count). The lowest BCUT2D eigenvalue weighted by atomic mass is 9.96. The first-order valence-electron chi connectivity index (χ1n) is 25.2. The van der Waals surface area contributed by atoms with Crippen LogP contribution in [0.25, 0.3) is 20.9 Å². The van der Waals surface area contributed by atoms with E-state index in [-0.39, 0.29) is 68.4 Å². The molecule has 0 atom stereocenters. The van der Waals surface area contributed by atoms with Crippen molar-refractivity contribution in [1.82, 2.24) is 14.5 Å². The Kier molecular flexibility index (Phi) is 21.2. The van der Waals surface area contributed by atoms with Crippen molar-refractivity contribution in [2.45, 2.75) is 49.9 Å². The van der Waals surface area contributed by atoms with Gasteiger partial charge in [-0.2, -0.15) is 4.31 Å². The Morgan fingerprint density at radius 1 is 0.699 bits per heavy atom. The van der Waals surface area contributed by atoms with Gasteiger partial charge in [0.1, 0.15) is 20.7 Å². The van der Waals surface area contributed by atoms with Crippen molar-refractivity contribution in [2.75, 3.05) is 68.0 Å². The van der Waals surface area contributed by atoms with E-state index in [9.17, 15) is 60.6 Å². The number of thiophene rings is 2. The van der Waals surface area contributed by atoms with Gasteiger partial charge in [-0.15, -0.1) is 35.8 Å². The molecule has 2 aromatic heterocycles. The van der Waals surface area contributed by atoms with E-state index in [2.05, 4.69) is 20.7 Å². The highest BCUT2D eigenvalue weighted by atomic mass is 35.5. The zero-order valence-corrected chi connectivity index (χ0v) is 47.7. The summed E-state index contributed by atoms with van der Waals surface area (Å²) >= 11 is 14.5. The van der Waals surface area contributed by atoms with Crippen molar-refractivity contribution in [2.24, 2.45) is 5.92 Å². The molecule has 6 aromatic rings. The van der Waals surface area contributed by atoms with Crippen LogP contribution in [0.15, 0.2) is 108 Å². The number of aromatic carboxylic acids is 2. The molecule has 7 N–H and O–H groups in total. The van der Waals surface area contributed by atoms with Crippen molar-refractivity contribution >= 4 is 109 Å². The van der Waals surface area contributed by atoms with Crippen LogP contribution in [-0.4, -0.2) is 139 Å². The standard InChI is InChI=1S/C29H31ClN4O7S.C25H22ClF3N2O8S2/c1-2-31-28(39)34(16-18-11-13-33(14-12-18)29(40)32-20-8-4-3-5-9-20)21-10-6-7-19(15-21)25-23(30)24(41-17-22(35)36)26(42-25)27(37)38;26-20-21(38-13-19(32)33)23(24(34)35)40-22(20)14-4-3-5-16(12-14)30-15-8-10-31(11-9-15)41(36,37)18-7-2-1-6-17(18)39-25(27,28)29/h3-10,15,18H,2,11-14,16-17H2,1H3,(H,31,39)(H,32,40)(H,35,36)(H,37,38);1-7,12,15,30H,8-11,13H2,(H,32,33)(H,34,35). The molecule has 4 aromatic carbocycles. The summed E-state index contributed by atoms with van der Waals surface area (Å²) in [6, 6.07) is 27.0. The molecule has 0 saturated carbocycles. The normalized spacial score (nSPS) is 14.1. The number of hydrogen-bond donors (Lipinski definition) is 7. The van der Waals surface area contributed by atoms with Gasteiger partial charge in [-0.1, -0.05) is 77.8 Å². The predicted molar refractivity (Wildman–Crippen MR) is 304 cm³/mol. The lowest BCUT2D eigenvalue weighted by Gasteiger charge is -2.35. The van der Waals surface area contributed by atoms with E-state index in [4.69, 9.17) is 42.9 Å². The fourth-order valence-electron chi connectivity index (χ4n) is 8.88. The average molecular weight is 1250 g/mol. The molecular formula is C54H53Cl2F3N6O15S3. The van der Waals surface area contributed by atoms with Crippen LogP contribution in [0.1, 0.15) is 52.0 Å². The number of carboxylic acids is 4. The van der Waals surface area contributed by atoms with Crippen molar-refractivity contribution in [3.05, 3.63) is 123 Å². The Morgan fingerprint density at radius 3 is 1.77 bits per heavy atom. The number of benzene rings is 4. The van der Waals surface area contributed by atoms with E-state index in [0.29, 0.717) is 84.1 Å². The number of carboxylic acid groups (broad SMARTS) is 4. The lowest BCUT2D eigenvalue weighted by molar-refractivity contribution is -0.275. The highest BCUT2D eigenvalue weighted by Crippen LogP contribution is 2.48. The second-order valence-corrected chi connectivity index (χ2v) is 23.1. The van der Waals surface area contributed by atoms with Gasteiger partial charge in [0, 0.05) is 62.4 Å². The summed E-state index contributed by atoms with van der Waals surface area (Å²) in [6.45, 7) is 2.34. The van der Waals surface area contributed by atoms with Crippen molar-refractivity contribution < 1.29 is 85.0 Å². The Labute approximate surface area is 490 Å². The summed E-state index contributed by atoms with van der Waals surface area (Å²) in [6.07, 6.45) is -2.93. The molecule has 2 fully saturated rings. The number of ether oxygens (including phenoxy) is 3. The fraction of sp³-hybridized carbons (Fsp3) is 0.296.